The summed E-state index contributed by atoms with van der Waals surface area (Å²) < 4.78 is 11.2. The lowest BCUT2D eigenvalue weighted by molar-refractivity contribution is -0.123. The van der Waals surface area contributed by atoms with Crippen molar-refractivity contribution in [3.8, 4) is 0 Å². The molecule has 2 saturated heterocycles. The highest BCUT2D eigenvalue weighted by atomic mass is 16.5. The predicted octanol–water partition coefficient (Wildman–Crippen LogP) is -0.534. The van der Waals surface area contributed by atoms with Crippen LogP contribution in [0.2, 0.25) is 0 Å². The molecule has 2 heterocycles. The topological polar surface area (TPSA) is 49.0 Å². The number of nitrogens with zero attached hydrogens (tertiary/aromatic N) is 2. The van der Waals surface area contributed by atoms with E-state index in [2.05, 4.69) is 27.4 Å². The Bertz CT molecular complexity index is 290. The van der Waals surface area contributed by atoms with Crippen LogP contribution < -0.4 is 10.6 Å². The highest BCUT2D eigenvalue weighted by Gasteiger charge is 2.50. The molecule has 6 heteroatoms. The van der Waals surface area contributed by atoms with E-state index in [0.717, 1.165) is 59.2 Å². The molecule has 0 aliphatic carbocycles. The van der Waals surface area contributed by atoms with Crippen LogP contribution in [0, 0.1) is 5.41 Å². The van der Waals surface area contributed by atoms with Crippen LogP contribution in [0.3, 0.4) is 0 Å². The van der Waals surface area contributed by atoms with Crippen LogP contribution in [-0.2, 0) is 9.47 Å². The van der Waals surface area contributed by atoms with Crippen molar-refractivity contribution in [1.29, 1.82) is 0 Å². The van der Waals surface area contributed by atoms with E-state index >= 15 is 0 Å². The van der Waals surface area contributed by atoms with Crippen molar-refractivity contribution in [3.63, 3.8) is 0 Å². The second-order valence-electron chi connectivity index (χ2n) is 6.60. The van der Waals surface area contributed by atoms with Gasteiger partial charge in [0.05, 0.1) is 26.4 Å². The maximum Gasteiger partial charge on any atom is 0.0594 e. The molecule has 1 spiro atoms. The third-order valence-electron chi connectivity index (χ3n) is 4.51. The maximum absolute atomic E-state index is 5.63. The second kappa shape index (κ2) is 9.80. The minimum absolute atomic E-state index is 0.592. The molecule has 0 aromatic carbocycles. The van der Waals surface area contributed by atoms with Crippen molar-refractivity contribution in [3.05, 3.63) is 0 Å². The van der Waals surface area contributed by atoms with E-state index in [9.17, 15) is 0 Å². The van der Waals surface area contributed by atoms with E-state index in [0.29, 0.717) is 5.41 Å². The van der Waals surface area contributed by atoms with Crippen LogP contribution in [0.4, 0.5) is 0 Å². The van der Waals surface area contributed by atoms with Gasteiger partial charge in [0.1, 0.15) is 0 Å². The predicted molar refractivity (Wildman–Crippen MR) is 89.4 cm³/mol. The molecule has 2 rings (SSSR count). The number of ether oxygens (including phenoxy) is 2. The third kappa shape index (κ3) is 5.76. The molecule has 130 valence electrons. The number of rotatable bonds is 13. The lowest BCUT2D eigenvalue weighted by Gasteiger charge is -2.60. The molecule has 2 N–H and O–H groups in total. The van der Waals surface area contributed by atoms with Crippen LogP contribution in [0.15, 0.2) is 0 Å². The number of hydrogen-bond donors (Lipinski definition) is 2. The first-order chi connectivity index (χ1) is 10.8. The summed E-state index contributed by atoms with van der Waals surface area (Å²) in [5.41, 5.74) is 0.592. The summed E-state index contributed by atoms with van der Waals surface area (Å²) in [5, 5.41) is 6.36. The largest absolute Gasteiger partial charge is 0.379 e. The van der Waals surface area contributed by atoms with Crippen molar-refractivity contribution in [2.45, 2.75) is 6.92 Å². The zero-order chi connectivity index (χ0) is 15.7. The Hall–Kier alpha value is -0.240. The Morgan fingerprint density at radius 3 is 1.91 bits per heavy atom. The summed E-state index contributed by atoms with van der Waals surface area (Å²) in [4.78, 5) is 5.04. The fourth-order valence-electron chi connectivity index (χ4n) is 3.41. The average Bonchev–Trinajstić information content (AvgIpc) is 2.44. The van der Waals surface area contributed by atoms with Crippen LogP contribution >= 0.6 is 0 Å². The van der Waals surface area contributed by atoms with Gasteiger partial charge >= 0.3 is 0 Å². The highest BCUT2D eigenvalue weighted by molar-refractivity contribution is 5.05. The smallest absolute Gasteiger partial charge is 0.0594 e. The standard InChI is InChI=1S/C16H34N4O2/c1-3-18-5-9-22-11-7-20-14-16(15-20)12-19(13-16)6-10-21-8-4-17-2/h17-18H,3-15H2,1-2H3. The molecule has 2 aliphatic heterocycles. The number of likely N-dealkylation sites (N-methyl/N-ethyl adjacent to an activating group) is 2. The summed E-state index contributed by atoms with van der Waals surface area (Å²) >= 11 is 0. The number of nitrogens with one attached hydrogen (secondary N) is 2. The lowest BCUT2D eigenvalue weighted by atomic mass is 9.73. The van der Waals surface area contributed by atoms with Crippen molar-refractivity contribution < 1.29 is 9.47 Å². The number of hydrogen-bond acceptors (Lipinski definition) is 6. The molecule has 0 amide bonds. The second-order valence-corrected chi connectivity index (χ2v) is 6.60. The molecule has 0 unspecified atom stereocenters. The molecule has 0 aromatic rings. The molecular formula is C16H34N4O2. The molecule has 0 bridgehead atoms. The highest BCUT2D eigenvalue weighted by Crippen LogP contribution is 2.38. The Kier molecular flexibility index (Phi) is 8.06. The van der Waals surface area contributed by atoms with Gasteiger partial charge in [-0.2, -0.15) is 0 Å². The van der Waals surface area contributed by atoms with Gasteiger partial charge in [0.15, 0.2) is 0 Å². The Morgan fingerprint density at radius 2 is 1.41 bits per heavy atom. The van der Waals surface area contributed by atoms with E-state index in [-0.39, 0.29) is 0 Å². The maximum atomic E-state index is 5.63. The zero-order valence-electron chi connectivity index (χ0n) is 14.4. The molecule has 0 aromatic heterocycles. The van der Waals surface area contributed by atoms with Gasteiger partial charge in [-0.15, -0.1) is 0 Å². The Morgan fingerprint density at radius 1 is 0.864 bits per heavy atom. The number of likely N-dealkylation sites (tertiary alicyclic amines) is 2. The molecule has 0 saturated carbocycles. The molecule has 6 nitrogen and oxygen atoms in total. The van der Waals surface area contributed by atoms with E-state index < -0.39 is 0 Å². The molecular weight excluding hydrogens is 280 g/mol. The Balaban J connectivity index is 1.39. The van der Waals surface area contributed by atoms with E-state index in [1.54, 1.807) is 0 Å². The third-order valence-corrected chi connectivity index (χ3v) is 4.51. The molecule has 2 aliphatic rings. The average molecular weight is 314 g/mol. The van der Waals surface area contributed by atoms with Gasteiger partial charge in [0.25, 0.3) is 0 Å². The van der Waals surface area contributed by atoms with E-state index in [1.165, 1.54) is 26.2 Å². The van der Waals surface area contributed by atoms with Gasteiger partial charge in [0.2, 0.25) is 0 Å². The minimum Gasteiger partial charge on any atom is -0.379 e. The van der Waals surface area contributed by atoms with Crippen LogP contribution in [0.1, 0.15) is 6.92 Å². The van der Waals surface area contributed by atoms with E-state index in [1.807, 2.05) is 7.05 Å². The lowest BCUT2D eigenvalue weighted by Crippen LogP contribution is -2.72. The molecule has 22 heavy (non-hydrogen) atoms. The van der Waals surface area contributed by atoms with Gasteiger partial charge in [-0.3, -0.25) is 9.80 Å². The van der Waals surface area contributed by atoms with Gasteiger partial charge < -0.3 is 20.1 Å². The van der Waals surface area contributed by atoms with Crippen LogP contribution in [-0.4, -0.2) is 102 Å². The summed E-state index contributed by atoms with van der Waals surface area (Å²) in [5.74, 6) is 0. The van der Waals surface area contributed by atoms with Gasteiger partial charge in [0, 0.05) is 57.8 Å². The summed E-state index contributed by atoms with van der Waals surface area (Å²) in [6, 6.07) is 0. The van der Waals surface area contributed by atoms with Crippen molar-refractivity contribution >= 4 is 0 Å². The fraction of sp³-hybridized carbons (Fsp3) is 1.00. The van der Waals surface area contributed by atoms with Crippen molar-refractivity contribution in [1.82, 2.24) is 20.4 Å². The normalized spacial score (nSPS) is 21.0. The molecule has 2 fully saturated rings. The molecule has 0 atom stereocenters. The van der Waals surface area contributed by atoms with Crippen LogP contribution in [0.5, 0.6) is 0 Å². The first kappa shape index (κ1) is 18.1. The van der Waals surface area contributed by atoms with Crippen LogP contribution in [0.25, 0.3) is 0 Å². The molecule has 0 radical (unpaired) electrons. The monoisotopic (exact) mass is 314 g/mol. The summed E-state index contributed by atoms with van der Waals surface area (Å²) in [7, 11) is 1.96. The Labute approximate surface area is 135 Å². The fourth-order valence-corrected chi connectivity index (χ4v) is 3.41. The van der Waals surface area contributed by atoms with E-state index in [4.69, 9.17) is 9.47 Å². The summed E-state index contributed by atoms with van der Waals surface area (Å²) in [6.07, 6.45) is 0. The van der Waals surface area contributed by atoms with Gasteiger partial charge in [-0.05, 0) is 13.6 Å². The van der Waals surface area contributed by atoms with Crippen molar-refractivity contribution in [2.75, 3.05) is 92.4 Å². The first-order valence-corrected chi connectivity index (χ1v) is 8.73. The SMILES string of the molecule is CCNCCOCCN1CC2(CN(CCOCCNC)C2)C1. The summed E-state index contributed by atoms with van der Waals surface area (Å²) in [6.45, 7) is 15.6. The first-order valence-electron chi connectivity index (χ1n) is 8.73. The van der Waals surface area contributed by atoms with Crippen molar-refractivity contribution in [2.24, 2.45) is 5.41 Å². The van der Waals surface area contributed by atoms with Gasteiger partial charge in [-0.1, -0.05) is 6.92 Å². The van der Waals surface area contributed by atoms with Gasteiger partial charge in [-0.25, -0.2) is 0 Å². The zero-order valence-corrected chi connectivity index (χ0v) is 14.4. The minimum atomic E-state index is 0.592. The quantitative estimate of drug-likeness (QED) is 0.446.